The Morgan fingerprint density at radius 2 is 2.42 bits per heavy atom. The molecule has 1 saturated heterocycles. The number of carboxylic acids is 1. The second-order valence-electron chi connectivity index (χ2n) is 2.84. The molecule has 0 aromatic heterocycles. The molecule has 0 amide bonds. The molecule has 3 N–H and O–H groups in total. The lowest BCUT2D eigenvalue weighted by Gasteiger charge is -2.23. The highest BCUT2D eigenvalue weighted by Crippen LogP contribution is 2.27. The van der Waals surface area contributed by atoms with Crippen molar-refractivity contribution in [1.29, 1.82) is 0 Å². The van der Waals surface area contributed by atoms with Gasteiger partial charge >= 0.3 is 5.97 Å². The van der Waals surface area contributed by atoms with E-state index in [1.807, 2.05) is 0 Å². The van der Waals surface area contributed by atoms with Crippen LogP contribution in [0, 0.1) is 0 Å². The van der Waals surface area contributed by atoms with E-state index in [0.29, 0.717) is 18.7 Å². The highest BCUT2D eigenvalue weighted by Gasteiger charge is 2.41. The predicted octanol–water partition coefficient (Wildman–Crippen LogP) is -0.471. The van der Waals surface area contributed by atoms with Gasteiger partial charge in [0.15, 0.2) is 0 Å². The SMILES string of the molecule is O=C(O)C1(NCCO)CCSC1. The maximum Gasteiger partial charge on any atom is 0.324 e. The Labute approximate surface area is 75.3 Å². The number of rotatable bonds is 4. The van der Waals surface area contributed by atoms with E-state index in [-0.39, 0.29) is 6.61 Å². The summed E-state index contributed by atoms with van der Waals surface area (Å²) < 4.78 is 0. The van der Waals surface area contributed by atoms with Crippen LogP contribution in [0.2, 0.25) is 0 Å². The van der Waals surface area contributed by atoms with Crippen LogP contribution in [-0.2, 0) is 4.79 Å². The lowest BCUT2D eigenvalue weighted by molar-refractivity contribution is -0.143. The summed E-state index contributed by atoms with van der Waals surface area (Å²) >= 11 is 1.63. The van der Waals surface area contributed by atoms with Crippen LogP contribution in [0.4, 0.5) is 0 Å². The Balaban J connectivity index is 2.53. The fourth-order valence-corrected chi connectivity index (χ4v) is 2.60. The van der Waals surface area contributed by atoms with Crippen molar-refractivity contribution in [2.45, 2.75) is 12.0 Å². The van der Waals surface area contributed by atoms with Gasteiger partial charge in [-0.2, -0.15) is 11.8 Å². The zero-order chi connectivity index (χ0) is 9.03. The first-order valence-electron chi connectivity index (χ1n) is 3.88. The highest BCUT2D eigenvalue weighted by molar-refractivity contribution is 7.99. The Hall–Kier alpha value is -0.260. The van der Waals surface area contributed by atoms with E-state index >= 15 is 0 Å². The number of hydrogen-bond donors (Lipinski definition) is 3. The number of thioether (sulfide) groups is 1. The van der Waals surface area contributed by atoms with Crippen LogP contribution in [0.5, 0.6) is 0 Å². The van der Waals surface area contributed by atoms with Crippen molar-refractivity contribution < 1.29 is 15.0 Å². The average molecular weight is 191 g/mol. The molecule has 0 aliphatic carbocycles. The molecule has 1 fully saturated rings. The van der Waals surface area contributed by atoms with Gasteiger partial charge in [0, 0.05) is 12.3 Å². The molecule has 12 heavy (non-hydrogen) atoms. The third-order valence-corrected chi connectivity index (χ3v) is 3.20. The van der Waals surface area contributed by atoms with Crippen molar-refractivity contribution >= 4 is 17.7 Å². The van der Waals surface area contributed by atoms with E-state index in [1.165, 1.54) is 0 Å². The van der Waals surface area contributed by atoms with E-state index in [1.54, 1.807) is 11.8 Å². The number of aliphatic hydroxyl groups excluding tert-OH is 1. The molecule has 0 bridgehead atoms. The summed E-state index contributed by atoms with van der Waals surface area (Å²) in [5, 5.41) is 20.4. The summed E-state index contributed by atoms with van der Waals surface area (Å²) in [5.74, 6) is 0.675. The van der Waals surface area contributed by atoms with Crippen LogP contribution in [0.25, 0.3) is 0 Å². The third-order valence-electron chi connectivity index (χ3n) is 2.01. The largest absolute Gasteiger partial charge is 0.480 e. The van der Waals surface area contributed by atoms with Crippen LogP contribution in [0.3, 0.4) is 0 Å². The molecule has 1 aliphatic rings. The molecule has 5 heteroatoms. The molecule has 1 atom stereocenters. The molecule has 0 aromatic carbocycles. The van der Waals surface area contributed by atoms with Gasteiger partial charge < -0.3 is 10.2 Å². The fourth-order valence-electron chi connectivity index (χ4n) is 1.24. The number of carboxylic acid groups (broad SMARTS) is 1. The molecule has 1 rings (SSSR count). The van der Waals surface area contributed by atoms with Crippen molar-refractivity contribution in [3.05, 3.63) is 0 Å². The van der Waals surface area contributed by atoms with E-state index in [2.05, 4.69) is 5.32 Å². The van der Waals surface area contributed by atoms with Gasteiger partial charge in [0.25, 0.3) is 0 Å². The van der Waals surface area contributed by atoms with Gasteiger partial charge in [-0.25, -0.2) is 0 Å². The second kappa shape index (κ2) is 4.11. The quantitative estimate of drug-likeness (QED) is 0.560. The first-order valence-corrected chi connectivity index (χ1v) is 5.04. The summed E-state index contributed by atoms with van der Waals surface area (Å²) in [7, 11) is 0. The monoisotopic (exact) mass is 191 g/mol. The van der Waals surface area contributed by atoms with Crippen LogP contribution in [-0.4, -0.2) is 46.4 Å². The standard InChI is InChI=1S/C7H13NO3S/c9-3-2-8-7(6(10)11)1-4-12-5-7/h8-9H,1-5H2,(H,10,11). The molecule has 0 aromatic rings. The topological polar surface area (TPSA) is 69.6 Å². The number of nitrogens with one attached hydrogen (secondary N) is 1. The van der Waals surface area contributed by atoms with E-state index in [0.717, 1.165) is 5.75 Å². The molecule has 0 radical (unpaired) electrons. The van der Waals surface area contributed by atoms with Crippen molar-refractivity contribution in [3.63, 3.8) is 0 Å². The molecule has 4 nitrogen and oxygen atoms in total. The Morgan fingerprint density at radius 3 is 2.83 bits per heavy atom. The highest BCUT2D eigenvalue weighted by atomic mass is 32.2. The van der Waals surface area contributed by atoms with Gasteiger partial charge in [0.05, 0.1) is 6.61 Å². The smallest absolute Gasteiger partial charge is 0.324 e. The minimum absolute atomic E-state index is 0.0142. The van der Waals surface area contributed by atoms with Gasteiger partial charge in [0.2, 0.25) is 0 Å². The van der Waals surface area contributed by atoms with Crippen LogP contribution in [0.15, 0.2) is 0 Å². The zero-order valence-corrected chi connectivity index (χ0v) is 7.56. The Morgan fingerprint density at radius 1 is 1.67 bits per heavy atom. The van der Waals surface area contributed by atoms with E-state index in [9.17, 15) is 4.79 Å². The molecule has 0 spiro atoms. The number of aliphatic hydroxyl groups is 1. The van der Waals surface area contributed by atoms with Gasteiger partial charge in [-0.05, 0) is 12.2 Å². The summed E-state index contributed by atoms with van der Waals surface area (Å²) in [6.07, 6.45) is 0.646. The summed E-state index contributed by atoms with van der Waals surface area (Å²) in [4.78, 5) is 10.9. The molecule has 1 unspecified atom stereocenters. The fraction of sp³-hybridized carbons (Fsp3) is 0.857. The number of aliphatic carboxylic acids is 1. The van der Waals surface area contributed by atoms with E-state index < -0.39 is 11.5 Å². The summed E-state index contributed by atoms with van der Waals surface area (Å²) in [6, 6.07) is 0. The molecular formula is C7H13NO3S. The van der Waals surface area contributed by atoms with Gasteiger partial charge in [-0.15, -0.1) is 0 Å². The predicted molar refractivity (Wildman–Crippen MR) is 47.4 cm³/mol. The van der Waals surface area contributed by atoms with Crippen LogP contribution < -0.4 is 5.32 Å². The van der Waals surface area contributed by atoms with Crippen LogP contribution >= 0.6 is 11.8 Å². The van der Waals surface area contributed by atoms with Crippen molar-refractivity contribution in [3.8, 4) is 0 Å². The molecular weight excluding hydrogens is 178 g/mol. The number of hydrogen-bond acceptors (Lipinski definition) is 4. The minimum atomic E-state index is -0.805. The minimum Gasteiger partial charge on any atom is -0.480 e. The molecule has 1 heterocycles. The average Bonchev–Trinajstić information content (AvgIpc) is 2.50. The molecule has 1 aliphatic heterocycles. The maximum absolute atomic E-state index is 10.9. The normalized spacial score (nSPS) is 29.1. The van der Waals surface area contributed by atoms with Crippen molar-refractivity contribution in [1.82, 2.24) is 5.32 Å². The van der Waals surface area contributed by atoms with Crippen molar-refractivity contribution in [2.24, 2.45) is 0 Å². The van der Waals surface area contributed by atoms with Gasteiger partial charge in [-0.3, -0.25) is 10.1 Å². The van der Waals surface area contributed by atoms with Gasteiger partial charge in [-0.1, -0.05) is 0 Å². The Bertz CT molecular complexity index is 168. The first-order chi connectivity index (χ1) is 5.71. The third kappa shape index (κ3) is 1.91. The second-order valence-corrected chi connectivity index (χ2v) is 3.95. The lowest BCUT2D eigenvalue weighted by atomic mass is 9.99. The number of carbonyl (C=O) groups is 1. The lowest BCUT2D eigenvalue weighted by Crippen LogP contribution is -2.53. The zero-order valence-electron chi connectivity index (χ0n) is 6.75. The van der Waals surface area contributed by atoms with E-state index in [4.69, 9.17) is 10.2 Å². The number of β-amino-alcohol motifs (C(OH)–C–C–N with tert-alkyl or cyclic N) is 1. The molecule has 0 saturated carbocycles. The molecule has 70 valence electrons. The van der Waals surface area contributed by atoms with Gasteiger partial charge in [0.1, 0.15) is 5.54 Å². The van der Waals surface area contributed by atoms with Crippen molar-refractivity contribution in [2.75, 3.05) is 24.7 Å². The maximum atomic E-state index is 10.9. The summed E-state index contributed by atoms with van der Waals surface area (Å²) in [6.45, 7) is 0.340. The Kier molecular flexibility index (Phi) is 3.37. The first kappa shape index (κ1) is 9.83. The van der Waals surface area contributed by atoms with Crippen LogP contribution in [0.1, 0.15) is 6.42 Å². The summed E-state index contributed by atoms with van der Waals surface area (Å²) in [5.41, 5.74) is -0.784.